The molecule has 0 heterocycles. The second kappa shape index (κ2) is 12.6. The number of aliphatic hydroxyl groups excluding tert-OH is 1. The van der Waals surface area contributed by atoms with Crippen molar-refractivity contribution < 1.29 is 48.3 Å². The van der Waals surface area contributed by atoms with Gasteiger partial charge in [0.1, 0.15) is 12.6 Å². The summed E-state index contributed by atoms with van der Waals surface area (Å²) in [4.78, 5) is 22.7. The first-order valence-corrected chi connectivity index (χ1v) is 7.85. The van der Waals surface area contributed by atoms with Crippen LogP contribution in [0, 0.1) is 0 Å². The zero-order valence-corrected chi connectivity index (χ0v) is 14.8. The molecule has 0 aromatic rings. The number of rotatable bonds is 12. The molecule has 0 amide bonds. The summed E-state index contributed by atoms with van der Waals surface area (Å²) in [6, 6.07) is -1.88. The van der Waals surface area contributed by atoms with Crippen molar-refractivity contribution in [1.29, 1.82) is 0 Å². The Labute approximate surface area is 150 Å². The molecular formula is C16H29LiNO5+. The Kier molecular flexibility index (Phi) is 13.4. The predicted octanol–water partition coefficient (Wildman–Crippen LogP) is -2.45. The van der Waals surface area contributed by atoms with E-state index in [-0.39, 0.29) is 36.5 Å². The van der Waals surface area contributed by atoms with Crippen LogP contribution in [0.2, 0.25) is 0 Å². The molecular weight excluding hydrogens is 293 g/mol. The van der Waals surface area contributed by atoms with E-state index in [9.17, 15) is 24.9 Å². The second-order valence-corrected chi connectivity index (χ2v) is 5.70. The van der Waals surface area contributed by atoms with E-state index in [0.717, 1.165) is 19.3 Å². The van der Waals surface area contributed by atoms with Crippen LogP contribution in [0.4, 0.5) is 0 Å². The van der Waals surface area contributed by atoms with Crippen LogP contribution in [0.1, 0.15) is 46.5 Å². The molecule has 0 saturated heterocycles. The van der Waals surface area contributed by atoms with E-state index in [4.69, 9.17) is 0 Å². The third-order valence-electron chi connectivity index (χ3n) is 4.44. The van der Waals surface area contributed by atoms with E-state index in [1.807, 2.05) is 13.0 Å². The molecule has 3 unspecified atom stereocenters. The molecule has 0 aliphatic rings. The number of unbranched alkanes of at least 4 members (excludes halogenated alkanes) is 3. The maximum atomic E-state index is 11.4. The van der Waals surface area contributed by atoms with Gasteiger partial charge >= 0.3 is 24.8 Å². The normalized spacial score (nSPS) is 16.3. The molecule has 0 aromatic carbocycles. The molecule has 6 nitrogen and oxygen atoms in total. The summed E-state index contributed by atoms with van der Waals surface area (Å²) < 4.78 is -0.183. The molecule has 7 heteroatoms. The van der Waals surface area contributed by atoms with Crippen LogP contribution in [-0.4, -0.2) is 58.4 Å². The number of carbonyl (C=O) groups is 2. The monoisotopic (exact) mass is 322 g/mol. The van der Waals surface area contributed by atoms with Crippen molar-refractivity contribution in [2.45, 2.75) is 58.5 Å². The minimum atomic E-state index is -1.28. The van der Waals surface area contributed by atoms with Gasteiger partial charge in [0.2, 0.25) is 0 Å². The van der Waals surface area contributed by atoms with Crippen molar-refractivity contribution in [3.8, 4) is 0 Å². The minimum absolute atomic E-state index is 0. The van der Waals surface area contributed by atoms with Gasteiger partial charge in [-0.2, -0.15) is 0 Å². The van der Waals surface area contributed by atoms with Crippen molar-refractivity contribution in [1.82, 2.24) is 0 Å². The minimum Gasteiger partial charge on any atom is -0.544 e. The molecule has 0 spiro atoms. The first-order valence-electron chi connectivity index (χ1n) is 7.85. The molecule has 0 bridgehead atoms. The van der Waals surface area contributed by atoms with Gasteiger partial charge in [0.05, 0.1) is 19.1 Å². The average Bonchev–Trinajstić information content (AvgIpc) is 2.47. The Balaban J connectivity index is 0. The van der Waals surface area contributed by atoms with Crippen molar-refractivity contribution in [2.75, 3.05) is 19.7 Å². The molecule has 128 valence electrons. The van der Waals surface area contributed by atoms with Gasteiger partial charge in [-0.15, -0.1) is 0 Å². The molecule has 0 saturated carbocycles. The largest absolute Gasteiger partial charge is 1.00 e. The molecule has 23 heavy (non-hydrogen) atoms. The number of quaternary nitrogens is 1. The fourth-order valence-corrected chi connectivity index (χ4v) is 2.85. The molecule has 0 aromatic heterocycles. The molecule has 0 aliphatic heterocycles. The van der Waals surface area contributed by atoms with Gasteiger partial charge in [-0.1, -0.05) is 12.2 Å². The molecule has 0 aliphatic carbocycles. The molecule has 0 radical (unpaired) electrons. The summed E-state index contributed by atoms with van der Waals surface area (Å²) in [6.07, 6.45) is 7.59. The number of allylic oxidation sites excluding steroid dienone is 2. The van der Waals surface area contributed by atoms with Crippen LogP contribution in [0.5, 0.6) is 0 Å². The Morgan fingerprint density at radius 3 is 2.17 bits per heavy atom. The number of aliphatic carboxylic acids is 2. The summed E-state index contributed by atoms with van der Waals surface area (Å²) in [5.41, 5.74) is 0. The van der Waals surface area contributed by atoms with Crippen LogP contribution >= 0.6 is 0 Å². The molecule has 0 rings (SSSR count). The van der Waals surface area contributed by atoms with E-state index < -0.39 is 24.0 Å². The van der Waals surface area contributed by atoms with E-state index in [1.165, 1.54) is 13.8 Å². The fourth-order valence-electron chi connectivity index (χ4n) is 2.85. The maximum Gasteiger partial charge on any atom is 1.00 e. The molecule has 3 atom stereocenters. The Morgan fingerprint density at radius 2 is 1.74 bits per heavy atom. The zero-order chi connectivity index (χ0) is 17.2. The number of carboxylic acids is 2. The quantitative estimate of drug-likeness (QED) is 0.180. The van der Waals surface area contributed by atoms with Gasteiger partial charge in [0, 0.05) is 0 Å². The van der Waals surface area contributed by atoms with Crippen molar-refractivity contribution in [3.05, 3.63) is 12.2 Å². The summed E-state index contributed by atoms with van der Waals surface area (Å²) in [5, 5.41) is 29.9. The first-order chi connectivity index (χ1) is 10.3. The Hall–Kier alpha value is -0.803. The summed E-state index contributed by atoms with van der Waals surface area (Å²) in [7, 11) is 0. The van der Waals surface area contributed by atoms with Crippen molar-refractivity contribution >= 4 is 11.9 Å². The van der Waals surface area contributed by atoms with Crippen LogP contribution < -0.4 is 24.0 Å². The number of carboxylic acid groups (broad SMARTS) is 2. The van der Waals surface area contributed by atoms with Gasteiger partial charge in [0.25, 0.3) is 0 Å². The maximum absolute atomic E-state index is 11.4. The topological polar surface area (TPSA) is 97.7 Å². The second-order valence-electron chi connectivity index (χ2n) is 5.70. The Morgan fingerprint density at radius 1 is 1.13 bits per heavy atom. The smallest absolute Gasteiger partial charge is 0.544 e. The van der Waals surface area contributed by atoms with Gasteiger partial charge < -0.3 is 24.6 Å². The van der Waals surface area contributed by atoms with Gasteiger partial charge in [-0.25, -0.2) is 4.79 Å². The average molecular weight is 322 g/mol. The summed E-state index contributed by atoms with van der Waals surface area (Å²) >= 11 is 0. The Bertz CT molecular complexity index is 367. The van der Waals surface area contributed by atoms with Crippen LogP contribution in [0.3, 0.4) is 0 Å². The zero-order valence-electron chi connectivity index (χ0n) is 14.8. The number of hydrogen-bond donors (Lipinski definition) is 2. The van der Waals surface area contributed by atoms with Crippen molar-refractivity contribution in [2.24, 2.45) is 0 Å². The van der Waals surface area contributed by atoms with Gasteiger partial charge in [-0.05, 0) is 46.5 Å². The van der Waals surface area contributed by atoms with E-state index in [1.54, 1.807) is 0 Å². The third kappa shape index (κ3) is 7.54. The predicted molar refractivity (Wildman–Crippen MR) is 81.9 cm³/mol. The number of hydrogen-bond acceptors (Lipinski definition) is 4. The van der Waals surface area contributed by atoms with Crippen molar-refractivity contribution in [3.63, 3.8) is 0 Å². The first kappa shape index (κ1) is 24.4. The third-order valence-corrected chi connectivity index (χ3v) is 4.44. The fraction of sp³-hybridized carbons (Fsp3) is 0.750. The summed E-state index contributed by atoms with van der Waals surface area (Å²) in [5.74, 6) is -2.34. The standard InChI is InChI=1S/C16H29NO5.Li/c1-4-5-6-7-8-9-10-17(11-12-18,13(2)15(19)20)14(3)16(21)22;/h4-5,13-14,18H,6-12H2,1-3H3,(H-,19,20,21,22);/q;+1/b5-4+;. The van der Waals surface area contributed by atoms with E-state index in [0.29, 0.717) is 13.0 Å². The van der Waals surface area contributed by atoms with Gasteiger partial charge in [0.15, 0.2) is 6.04 Å². The van der Waals surface area contributed by atoms with Crippen LogP contribution in [0.15, 0.2) is 12.2 Å². The van der Waals surface area contributed by atoms with Gasteiger partial charge in [-0.3, -0.25) is 0 Å². The number of aliphatic hydroxyl groups is 1. The van der Waals surface area contributed by atoms with E-state index in [2.05, 4.69) is 6.08 Å². The molecule has 2 N–H and O–H groups in total. The van der Waals surface area contributed by atoms with E-state index >= 15 is 0 Å². The van der Waals surface area contributed by atoms with Crippen LogP contribution in [0.25, 0.3) is 0 Å². The SMILES string of the molecule is C/C=C/CCCCC[N+](CCO)(C(C)C(=O)[O-])C(C)C(=O)O.[Li+]. The number of carbonyl (C=O) groups excluding carboxylic acids is 1. The summed E-state index contributed by atoms with van der Waals surface area (Å²) in [6.45, 7) is 5.16. The van der Waals surface area contributed by atoms with Crippen LogP contribution in [-0.2, 0) is 9.59 Å². The molecule has 0 fully saturated rings. The number of nitrogens with zero attached hydrogens (tertiary/aromatic N) is 1.